The van der Waals surface area contributed by atoms with Crippen LogP contribution in [0.3, 0.4) is 0 Å². The average Bonchev–Trinajstić information content (AvgIpc) is 2.42. The van der Waals surface area contributed by atoms with Gasteiger partial charge in [0, 0.05) is 24.8 Å². The van der Waals surface area contributed by atoms with Crippen LogP contribution in [0.5, 0.6) is 0 Å². The van der Waals surface area contributed by atoms with Crippen molar-refractivity contribution in [1.82, 2.24) is 0 Å². The molecule has 2 unspecified atom stereocenters. The first-order chi connectivity index (χ1) is 9.60. The highest BCUT2D eigenvalue weighted by Gasteiger charge is 2.45. The van der Waals surface area contributed by atoms with Gasteiger partial charge in [0.25, 0.3) is 5.92 Å². The highest BCUT2D eigenvalue weighted by molar-refractivity contribution is 6.17. The minimum absolute atomic E-state index is 0.284. The second-order valence-corrected chi connectivity index (χ2v) is 5.99. The molecule has 1 rings (SSSR count). The Kier molecular flexibility index (Phi) is 8.62. The first kappa shape index (κ1) is 17.8. The van der Waals surface area contributed by atoms with Crippen LogP contribution in [0.15, 0.2) is 0 Å². The van der Waals surface area contributed by atoms with Gasteiger partial charge in [-0.3, -0.25) is 0 Å². The normalized spacial score (nSPS) is 25.6. The van der Waals surface area contributed by atoms with Crippen LogP contribution in [0.4, 0.5) is 8.78 Å². The summed E-state index contributed by atoms with van der Waals surface area (Å²) in [6, 6.07) is 0. The summed E-state index contributed by atoms with van der Waals surface area (Å²) in [5, 5.41) is 0. The maximum atomic E-state index is 13.7. The van der Waals surface area contributed by atoms with Gasteiger partial charge >= 0.3 is 0 Å². The molecule has 0 radical (unpaired) electrons. The molecule has 0 aliphatic heterocycles. The van der Waals surface area contributed by atoms with Gasteiger partial charge in [-0.25, -0.2) is 8.78 Å². The minimum Gasteiger partial charge on any atom is -0.372 e. The molecule has 0 spiro atoms. The van der Waals surface area contributed by atoms with Crippen molar-refractivity contribution in [3.63, 3.8) is 0 Å². The minimum atomic E-state index is -2.86. The molecule has 1 aliphatic carbocycles. The summed E-state index contributed by atoms with van der Waals surface area (Å²) >= 11 is 5.58. The van der Waals surface area contributed by atoms with Gasteiger partial charge in [-0.15, -0.1) is 11.6 Å². The van der Waals surface area contributed by atoms with Crippen molar-refractivity contribution in [2.75, 3.05) is 12.5 Å². The lowest BCUT2D eigenvalue weighted by molar-refractivity contribution is -0.169. The molecule has 1 aliphatic rings. The number of ether oxygens (including phenoxy) is 1. The van der Waals surface area contributed by atoms with Crippen LogP contribution >= 0.6 is 11.6 Å². The van der Waals surface area contributed by atoms with E-state index < -0.39 is 17.9 Å². The highest BCUT2D eigenvalue weighted by atomic mass is 35.5. The summed E-state index contributed by atoms with van der Waals surface area (Å²) in [5.74, 6) is -2.65. The Morgan fingerprint density at radius 1 is 1.10 bits per heavy atom. The van der Waals surface area contributed by atoms with Crippen molar-refractivity contribution in [3.05, 3.63) is 0 Å². The molecule has 2 atom stereocenters. The fourth-order valence-corrected chi connectivity index (χ4v) is 2.80. The van der Waals surface area contributed by atoms with E-state index in [0.29, 0.717) is 25.2 Å². The summed E-state index contributed by atoms with van der Waals surface area (Å²) in [6.45, 7) is 0.390. The number of halogens is 3. The quantitative estimate of drug-likeness (QED) is 0.335. The second-order valence-electron chi connectivity index (χ2n) is 5.61. The largest absolute Gasteiger partial charge is 0.372 e. The predicted octanol–water partition coefficient (Wildman–Crippen LogP) is 4.59. The molecular weight excluding hydrogens is 286 g/mol. The summed E-state index contributed by atoms with van der Waals surface area (Å²) < 4.78 is 32.8. The Morgan fingerprint density at radius 2 is 1.75 bits per heavy atom. The predicted molar refractivity (Wildman–Crippen MR) is 76.5 cm³/mol. The number of alkyl halides is 3. The molecule has 0 saturated heterocycles. The van der Waals surface area contributed by atoms with Gasteiger partial charge in [-0.2, -0.15) is 0 Å². The fourth-order valence-electron chi connectivity index (χ4n) is 2.61. The van der Waals surface area contributed by atoms with Gasteiger partial charge in [0.15, 0.2) is 0 Å². The van der Waals surface area contributed by atoms with Gasteiger partial charge in [0.2, 0.25) is 0 Å². The SMILES string of the molecule is O=CC1CCC(OCCCCCCCCCl)C(F)(F)C1. The maximum absolute atomic E-state index is 13.7. The molecule has 5 heteroatoms. The van der Waals surface area contributed by atoms with Crippen LogP contribution in [0.1, 0.15) is 57.8 Å². The van der Waals surface area contributed by atoms with Gasteiger partial charge in [-0.1, -0.05) is 25.7 Å². The number of aldehydes is 1. The number of hydrogen-bond acceptors (Lipinski definition) is 2. The molecular formula is C15H25ClF2O2. The third-order valence-corrected chi connectivity index (χ3v) is 4.11. The number of hydrogen-bond donors (Lipinski definition) is 0. The Hall–Kier alpha value is -0.220. The molecule has 1 saturated carbocycles. The lowest BCUT2D eigenvalue weighted by atomic mass is 9.85. The molecule has 1 fully saturated rings. The zero-order valence-corrected chi connectivity index (χ0v) is 12.7. The van der Waals surface area contributed by atoms with E-state index in [1.165, 1.54) is 0 Å². The van der Waals surface area contributed by atoms with Crippen LogP contribution in [0, 0.1) is 5.92 Å². The topological polar surface area (TPSA) is 26.3 Å². The molecule has 0 aromatic carbocycles. The van der Waals surface area contributed by atoms with Gasteiger partial charge in [0.05, 0.1) is 0 Å². The third-order valence-electron chi connectivity index (χ3n) is 3.84. The first-order valence-electron chi connectivity index (χ1n) is 7.61. The van der Waals surface area contributed by atoms with Crippen LogP contribution < -0.4 is 0 Å². The monoisotopic (exact) mass is 310 g/mol. The lowest BCUT2D eigenvalue weighted by Gasteiger charge is -2.33. The summed E-state index contributed by atoms with van der Waals surface area (Å²) in [6.07, 6.45) is 6.35. The van der Waals surface area contributed by atoms with Crippen LogP contribution in [-0.4, -0.2) is 30.8 Å². The summed E-state index contributed by atoms with van der Waals surface area (Å²) in [4.78, 5) is 10.6. The molecule has 0 aromatic heterocycles. The molecule has 0 aromatic rings. The van der Waals surface area contributed by atoms with Crippen molar-refractivity contribution >= 4 is 17.9 Å². The number of carbonyl (C=O) groups excluding carboxylic acids is 1. The van der Waals surface area contributed by atoms with E-state index in [1.54, 1.807) is 0 Å². The van der Waals surface area contributed by atoms with E-state index in [2.05, 4.69) is 0 Å². The van der Waals surface area contributed by atoms with Crippen LogP contribution in [0.2, 0.25) is 0 Å². The van der Waals surface area contributed by atoms with Crippen molar-refractivity contribution < 1.29 is 18.3 Å². The third kappa shape index (κ3) is 6.49. The Labute approximate surface area is 125 Å². The van der Waals surface area contributed by atoms with Crippen molar-refractivity contribution in [3.8, 4) is 0 Å². The summed E-state index contributed by atoms with van der Waals surface area (Å²) in [5.41, 5.74) is 0. The molecule has 20 heavy (non-hydrogen) atoms. The van der Waals surface area contributed by atoms with E-state index in [4.69, 9.17) is 16.3 Å². The molecule has 0 amide bonds. The molecule has 0 bridgehead atoms. The number of unbranched alkanes of at least 4 members (excludes halogenated alkanes) is 5. The Balaban J connectivity index is 2.08. The van der Waals surface area contributed by atoms with Gasteiger partial charge in [0.1, 0.15) is 12.4 Å². The van der Waals surface area contributed by atoms with Crippen molar-refractivity contribution in [1.29, 1.82) is 0 Å². The molecule has 0 N–H and O–H groups in total. The van der Waals surface area contributed by atoms with E-state index >= 15 is 0 Å². The van der Waals surface area contributed by atoms with Crippen LogP contribution in [0.25, 0.3) is 0 Å². The van der Waals surface area contributed by atoms with Crippen LogP contribution in [-0.2, 0) is 9.53 Å². The Morgan fingerprint density at radius 3 is 2.35 bits per heavy atom. The zero-order chi connectivity index (χ0) is 14.8. The molecule has 2 nitrogen and oxygen atoms in total. The van der Waals surface area contributed by atoms with Crippen molar-refractivity contribution in [2.24, 2.45) is 5.92 Å². The number of carbonyl (C=O) groups is 1. The second kappa shape index (κ2) is 9.67. The van der Waals surface area contributed by atoms with Gasteiger partial charge < -0.3 is 9.53 Å². The molecule has 0 heterocycles. The first-order valence-corrected chi connectivity index (χ1v) is 8.14. The maximum Gasteiger partial charge on any atom is 0.274 e. The standard InChI is InChI=1S/C15H25ClF2O2/c16-9-5-3-1-2-4-6-10-20-14-8-7-13(12-19)11-15(14,17)18/h12-14H,1-11H2. The summed E-state index contributed by atoms with van der Waals surface area (Å²) in [7, 11) is 0. The van der Waals surface area contributed by atoms with Crippen molar-refractivity contribution in [2.45, 2.75) is 69.8 Å². The zero-order valence-electron chi connectivity index (χ0n) is 12.0. The molecule has 118 valence electrons. The highest BCUT2D eigenvalue weighted by Crippen LogP contribution is 2.38. The number of rotatable bonds is 10. The smallest absolute Gasteiger partial charge is 0.274 e. The average molecular weight is 311 g/mol. The van der Waals surface area contributed by atoms with E-state index in [0.717, 1.165) is 38.5 Å². The fraction of sp³-hybridized carbons (Fsp3) is 0.933. The lowest BCUT2D eigenvalue weighted by Crippen LogP contribution is -2.42. The van der Waals surface area contributed by atoms with E-state index in [1.807, 2.05) is 0 Å². The van der Waals surface area contributed by atoms with Gasteiger partial charge in [-0.05, 0) is 25.7 Å². The van der Waals surface area contributed by atoms with E-state index in [-0.39, 0.29) is 12.8 Å². The van der Waals surface area contributed by atoms with E-state index in [9.17, 15) is 13.6 Å². The Bertz CT molecular complexity index is 275.